The molecular weight excluding hydrogens is 180 g/mol. The molecule has 4 heteroatoms. The van der Waals surface area contributed by atoms with E-state index >= 15 is 0 Å². The second-order valence-corrected chi connectivity index (χ2v) is 3.69. The third-order valence-electron chi connectivity index (χ3n) is 2.70. The molecule has 1 fully saturated rings. The van der Waals surface area contributed by atoms with Gasteiger partial charge >= 0.3 is 6.09 Å². The van der Waals surface area contributed by atoms with Gasteiger partial charge in [0.05, 0.1) is 6.07 Å². The molecule has 0 spiro atoms. The van der Waals surface area contributed by atoms with E-state index in [4.69, 9.17) is 10.4 Å². The van der Waals surface area contributed by atoms with Crippen LogP contribution in [0.5, 0.6) is 0 Å². The quantitative estimate of drug-likeness (QED) is 0.674. The van der Waals surface area contributed by atoms with Gasteiger partial charge in [-0.05, 0) is 12.8 Å². The number of allylic oxidation sites excluding steroid dienone is 1. The summed E-state index contributed by atoms with van der Waals surface area (Å²) >= 11 is 0. The van der Waals surface area contributed by atoms with Gasteiger partial charge in [-0.3, -0.25) is 0 Å². The first kappa shape index (κ1) is 10.6. The van der Waals surface area contributed by atoms with E-state index in [-0.39, 0.29) is 5.41 Å². The minimum Gasteiger partial charge on any atom is -0.465 e. The van der Waals surface area contributed by atoms with Crippen LogP contribution >= 0.6 is 0 Å². The molecule has 0 radical (unpaired) electrons. The average Bonchev–Trinajstić information content (AvgIpc) is 2.61. The largest absolute Gasteiger partial charge is 0.465 e. The molecule has 0 aliphatic heterocycles. The molecule has 0 aromatic carbocycles. The first-order valence-corrected chi connectivity index (χ1v) is 4.73. The second kappa shape index (κ2) is 4.66. The molecule has 2 N–H and O–H groups in total. The van der Waals surface area contributed by atoms with Crippen molar-refractivity contribution < 1.29 is 9.90 Å². The maximum atomic E-state index is 10.4. The fraction of sp³-hybridized carbons (Fsp3) is 0.600. The highest BCUT2D eigenvalue weighted by Gasteiger charge is 2.31. The van der Waals surface area contributed by atoms with Crippen molar-refractivity contribution in [1.29, 1.82) is 5.26 Å². The third-order valence-corrected chi connectivity index (χ3v) is 2.70. The van der Waals surface area contributed by atoms with Gasteiger partial charge in [0.1, 0.15) is 0 Å². The molecular formula is C10H14N2O2. The number of carboxylic acid groups (broad SMARTS) is 1. The molecule has 1 rings (SSSR count). The summed E-state index contributed by atoms with van der Waals surface area (Å²) in [6.07, 6.45) is 6.44. The van der Waals surface area contributed by atoms with Crippen molar-refractivity contribution in [3.8, 4) is 6.07 Å². The Kier molecular flexibility index (Phi) is 3.52. The number of rotatable bonds is 3. The zero-order valence-electron chi connectivity index (χ0n) is 7.99. The van der Waals surface area contributed by atoms with E-state index in [1.54, 1.807) is 0 Å². The van der Waals surface area contributed by atoms with Gasteiger partial charge in [0.15, 0.2) is 0 Å². The Labute approximate surface area is 83.2 Å². The van der Waals surface area contributed by atoms with E-state index < -0.39 is 6.09 Å². The predicted octanol–water partition coefficient (Wildman–Crippen LogP) is 1.89. The molecule has 1 aliphatic carbocycles. The molecule has 0 unspecified atom stereocenters. The number of amides is 1. The van der Waals surface area contributed by atoms with Gasteiger partial charge < -0.3 is 10.4 Å². The number of hydrogen-bond acceptors (Lipinski definition) is 2. The first-order chi connectivity index (χ1) is 6.68. The summed E-state index contributed by atoms with van der Waals surface area (Å²) in [6, 6.07) is 1.95. The summed E-state index contributed by atoms with van der Waals surface area (Å²) in [4.78, 5) is 10.4. The summed E-state index contributed by atoms with van der Waals surface area (Å²) in [5.74, 6) is 0. The Morgan fingerprint density at radius 1 is 1.57 bits per heavy atom. The van der Waals surface area contributed by atoms with Crippen molar-refractivity contribution in [3.05, 3.63) is 12.2 Å². The van der Waals surface area contributed by atoms with Crippen molar-refractivity contribution in [2.45, 2.75) is 25.7 Å². The standard InChI is InChI=1S/C10H14N2O2/c11-7-3-6-10(4-1-2-5-10)8-12-9(13)14/h3,6,12H,1-2,4-5,8H2,(H,13,14)/b6-3-. The summed E-state index contributed by atoms with van der Waals surface area (Å²) in [5.41, 5.74) is -0.117. The predicted molar refractivity (Wildman–Crippen MR) is 51.7 cm³/mol. The van der Waals surface area contributed by atoms with Crippen molar-refractivity contribution in [2.75, 3.05) is 6.54 Å². The van der Waals surface area contributed by atoms with Crippen LogP contribution in [-0.2, 0) is 0 Å². The van der Waals surface area contributed by atoms with Crippen molar-refractivity contribution in [1.82, 2.24) is 5.32 Å². The van der Waals surface area contributed by atoms with Crippen LogP contribution < -0.4 is 5.32 Å². The lowest BCUT2D eigenvalue weighted by Gasteiger charge is -2.24. The van der Waals surface area contributed by atoms with Gasteiger partial charge in [0.25, 0.3) is 0 Å². The van der Waals surface area contributed by atoms with Crippen LogP contribution in [0, 0.1) is 16.7 Å². The first-order valence-electron chi connectivity index (χ1n) is 4.73. The summed E-state index contributed by atoms with van der Waals surface area (Å²) in [7, 11) is 0. The van der Waals surface area contributed by atoms with Gasteiger partial charge in [0, 0.05) is 18.0 Å². The molecule has 0 saturated heterocycles. The minimum absolute atomic E-state index is 0.117. The van der Waals surface area contributed by atoms with Crippen molar-refractivity contribution >= 4 is 6.09 Å². The normalized spacial score (nSPS) is 19.4. The zero-order valence-corrected chi connectivity index (χ0v) is 7.99. The fourth-order valence-electron chi connectivity index (χ4n) is 1.95. The molecule has 1 saturated carbocycles. The zero-order chi connectivity index (χ0) is 10.4. The minimum atomic E-state index is -0.998. The third kappa shape index (κ3) is 2.77. The van der Waals surface area contributed by atoms with Crippen molar-refractivity contribution in [2.24, 2.45) is 5.41 Å². The second-order valence-electron chi connectivity index (χ2n) is 3.69. The maximum absolute atomic E-state index is 10.4. The number of carbonyl (C=O) groups is 1. The smallest absolute Gasteiger partial charge is 0.404 e. The van der Waals surface area contributed by atoms with E-state index in [1.807, 2.05) is 12.1 Å². The number of nitrogens with zero attached hydrogens (tertiary/aromatic N) is 1. The lowest BCUT2D eigenvalue weighted by atomic mass is 9.86. The highest BCUT2D eigenvalue weighted by molar-refractivity contribution is 5.64. The number of nitriles is 1. The van der Waals surface area contributed by atoms with Crippen LogP contribution in [0.2, 0.25) is 0 Å². The Morgan fingerprint density at radius 3 is 2.71 bits per heavy atom. The molecule has 0 aromatic rings. The van der Waals surface area contributed by atoms with Gasteiger partial charge in [-0.25, -0.2) is 4.79 Å². The number of nitrogens with one attached hydrogen (secondary N) is 1. The topological polar surface area (TPSA) is 73.1 Å². The van der Waals surface area contributed by atoms with E-state index in [1.165, 1.54) is 6.08 Å². The van der Waals surface area contributed by atoms with Crippen LogP contribution in [-0.4, -0.2) is 17.7 Å². The average molecular weight is 194 g/mol. The van der Waals surface area contributed by atoms with Crippen LogP contribution in [0.25, 0.3) is 0 Å². The van der Waals surface area contributed by atoms with E-state index in [0.717, 1.165) is 25.7 Å². The van der Waals surface area contributed by atoms with Gasteiger partial charge in [-0.15, -0.1) is 0 Å². The summed E-state index contributed by atoms with van der Waals surface area (Å²) in [5, 5.41) is 19.4. The highest BCUT2D eigenvalue weighted by Crippen LogP contribution is 2.38. The molecule has 1 aliphatic rings. The van der Waals surface area contributed by atoms with Gasteiger partial charge in [-0.2, -0.15) is 5.26 Å². The molecule has 0 heterocycles. The molecule has 0 atom stereocenters. The lowest BCUT2D eigenvalue weighted by Crippen LogP contribution is -2.33. The van der Waals surface area contributed by atoms with E-state index in [9.17, 15) is 4.79 Å². The fourth-order valence-corrected chi connectivity index (χ4v) is 1.95. The SMILES string of the molecule is N#C/C=C\C1(CNC(=O)O)CCCC1. The van der Waals surface area contributed by atoms with Crippen molar-refractivity contribution in [3.63, 3.8) is 0 Å². The Hall–Kier alpha value is -1.50. The lowest BCUT2D eigenvalue weighted by molar-refractivity contribution is 0.189. The summed E-state index contributed by atoms with van der Waals surface area (Å²) < 4.78 is 0. The van der Waals surface area contributed by atoms with Gasteiger partial charge in [0.2, 0.25) is 0 Å². The monoisotopic (exact) mass is 194 g/mol. The van der Waals surface area contributed by atoms with Crippen LogP contribution in [0.3, 0.4) is 0 Å². The molecule has 14 heavy (non-hydrogen) atoms. The Morgan fingerprint density at radius 2 is 2.21 bits per heavy atom. The highest BCUT2D eigenvalue weighted by atomic mass is 16.4. The maximum Gasteiger partial charge on any atom is 0.404 e. The summed E-state index contributed by atoms with van der Waals surface area (Å²) in [6.45, 7) is 0.417. The van der Waals surface area contributed by atoms with Crippen LogP contribution in [0.4, 0.5) is 4.79 Å². The molecule has 76 valence electrons. The van der Waals surface area contributed by atoms with Gasteiger partial charge in [-0.1, -0.05) is 18.9 Å². The Bertz CT molecular complexity index is 272. The number of hydrogen-bond donors (Lipinski definition) is 2. The molecule has 0 aromatic heterocycles. The van der Waals surface area contributed by atoms with Crippen LogP contribution in [0.15, 0.2) is 12.2 Å². The molecule has 0 bridgehead atoms. The van der Waals surface area contributed by atoms with Crippen LogP contribution in [0.1, 0.15) is 25.7 Å². The van der Waals surface area contributed by atoms with E-state index in [0.29, 0.717) is 6.54 Å². The Balaban J connectivity index is 2.58. The molecule has 1 amide bonds. The molecule has 4 nitrogen and oxygen atoms in total. The van der Waals surface area contributed by atoms with E-state index in [2.05, 4.69) is 5.32 Å².